The van der Waals surface area contributed by atoms with E-state index in [0.717, 1.165) is 0 Å². The molecule has 0 aromatic carbocycles. The van der Waals surface area contributed by atoms with Crippen LogP contribution < -0.4 is 0 Å². The third-order valence-electron chi connectivity index (χ3n) is 2.91. The molecule has 0 N–H and O–H groups in total. The highest BCUT2D eigenvalue weighted by molar-refractivity contribution is 6.02. The summed E-state index contributed by atoms with van der Waals surface area (Å²) in [6, 6.07) is 0. The van der Waals surface area contributed by atoms with Crippen LogP contribution in [0.4, 0.5) is 0 Å². The lowest BCUT2D eigenvalue weighted by Gasteiger charge is -2.27. The Morgan fingerprint density at radius 1 is 1.48 bits per heavy atom. The number of hydrogen-bond acceptors (Lipinski definition) is 6. The fourth-order valence-corrected chi connectivity index (χ4v) is 2.01. The number of esters is 3. The third kappa shape index (κ3) is 4.22. The highest BCUT2D eigenvalue weighted by atomic mass is 16.6. The zero-order valence-electron chi connectivity index (χ0n) is 12.7. The van der Waals surface area contributed by atoms with Gasteiger partial charge in [0.1, 0.15) is 18.3 Å². The molecule has 116 valence electrons. The topological polar surface area (TPSA) is 78.9 Å². The average molecular weight is 296 g/mol. The molecule has 1 saturated heterocycles. The van der Waals surface area contributed by atoms with E-state index in [-0.39, 0.29) is 19.4 Å². The van der Waals surface area contributed by atoms with E-state index in [9.17, 15) is 14.4 Å². The zero-order chi connectivity index (χ0) is 16.3. The highest BCUT2D eigenvalue weighted by Crippen LogP contribution is 2.39. The van der Waals surface area contributed by atoms with Gasteiger partial charge in [-0.25, -0.2) is 0 Å². The molecule has 1 fully saturated rings. The Morgan fingerprint density at radius 3 is 2.57 bits per heavy atom. The zero-order valence-corrected chi connectivity index (χ0v) is 12.7. The number of carbonyl (C=O) groups is 3. The smallest absolute Gasteiger partial charge is 0.325 e. The van der Waals surface area contributed by atoms with Gasteiger partial charge in [-0.2, -0.15) is 0 Å². The molecule has 6 nitrogen and oxygen atoms in total. The molecular formula is C15H20O6. The summed E-state index contributed by atoms with van der Waals surface area (Å²) in [6.07, 6.45) is 4.51. The van der Waals surface area contributed by atoms with Gasteiger partial charge < -0.3 is 14.2 Å². The van der Waals surface area contributed by atoms with Crippen molar-refractivity contribution in [3.63, 3.8) is 0 Å². The predicted molar refractivity (Wildman–Crippen MR) is 72.9 cm³/mol. The summed E-state index contributed by atoms with van der Waals surface area (Å²) in [5.74, 6) is 0.400. The molecule has 2 unspecified atom stereocenters. The van der Waals surface area contributed by atoms with Gasteiger partial charge in [-0.3, -0.25) is 14.4 Å². The summed E-state index contributed by atoms with van der Waals surface area (Å²) in [4.78, 5) is 35.3. The highest BCUT2D eigenvalue weighted by Gasteiger charge is 2.56. The second kappa shape index (κ2) is 6.17. The number of carbonyl (C=O) groups excluding carboxylic acids is 3. The van der Waals surface area contributed by atoms with Crippen molar-refractivity contribution in [3.8, 4) is 12.3 Å². The fraction of sp³-hybridized carbons (Fsp3) is 0.667. The first-order valence-corrected chi connectivity index (χ1v) is 6.62. The van der Waals surface area contributed by atoms with Gasteiger partial charge in [0.05, 0.1) is 0 Å². The van der Waals surface area contributed by atoms with Crippen molar-refractivity contribution in [2.24, 2.45) is 5.41 Å². The standard InChI is InChI=1S/C15H20O6/c1-6-7-15(13(18)21-14(3,4)5)8-11(20-12(15)17)9-19-10(2)16/h1,11H,7-9H2,2-5H3. The van der Waals surface area contributed by atoms with Crippen molar-refractivity contribution >= 4 is 17.9 Å². The molecule has 0 saturated carbocycles. The largest absolute Gasteiger partial charge is 0.462 e. The lowest BCUT2D eigenvalue weighted by atomic mass is 9.81. The van der Waals surface area contributed by atoms with E-state index >= 15 is 0 Å². The molecule has 0 aromatic rings. The van der Waals surface area contributed by atoms with Crippen LogP contribution in [0.2, 0.25) is 0 Å². The predicted octanol–water partition coefficient (Wildman–Crippen LogP) is 1.22. The SMILES string of the molecule is C#CCC1(C(=O)OC(C)(C)C)CC(COC(C)=O)OC1=O. The van der Waals surface area contributed by atoms with E-state index in [1.54, 1.807) is 20.8 Å². The first kappa shape index (κ1) is 17.0. The van der Waals surface area contributed by atoms with Crippen LogP contribution in [0.25, 0.3) is 0 Å². The maximum atomic E-state index is 12.3. The van der Waals surface area contributed by atoms with E-state index in [4.69, 9.17) is 20.6 Å². The van der Waals surface area contributed by atoms with Crippen LogP contribution >= 0.6 is 0 Å². The molecule has 1 rings (SSSR count). The maximum absolute atomic E-state index is 12.3. The Morgan fingerprint density at radius 2 is 2.10 bits per heavy atom. The Balaban J connectivity index is 2.90. The van der Waals surface area contributed by atoms with Gasteiger partial charge in [-0.15, -0.1) is 12.3 Å². The number of hydrogen-bond donors (Lipinski definition) is 0. The van der Waals surface area contributed by atoms with Crippen molar-refractivity contribution in [1.82, 2.24) is 0 Å². The lowest BCUT2D eigenvalue weighted by molar-refractivity contribution is -0.173. The van der Waals surface area contributed by atoms with E-state index in [1.165, 1.54) is 6.92 Å². The summed E-state index contributed by atoms with van der Waals surface area (Å²) in [5.41, 5.74) is -2.26. The molecule has 21 heavy (non-hydrogen) atoms. The molecule has 6 heteroatoms. The number of rotatable bonds is 4. The molecular weight excluding hydrogens is 276 g/mol. The maximum Gasteiger partial charge on any atom is 0.325 e. The van der Waals surface area contributed by atoms with E-state index in [2.05, 4.69) is 5.92 Å². The minimum atomic E-state index is -1.52. The van der Waals surface area contributed by atoms with Gasteiger partial charge in [-0.1, -0.05) is 0 Å². The van der Waals surface area contributed by atoms with Gasteiger partial charge in [0.2, 0.25) is 0 Å². The van der Waals surface area contributed by atoms with E-state index < -0.39 is 35.0 Å². The summed E-state index contributed by atoms with van der Waals surface area (Å²) in [6.45, 7) is 6.25. The van der Waals surface area contributed by atoms with E-state index in [1.807, 2.05) is 0 Å². The van der Waals surface area contributed by atoms with Gasteiger partial charge >= 0.3 is 17.9 Å². The molecule has 0 amide bonds. The molecule has 1 aliphatic rings. The molecule has 1 heterocycles. The molecule has 0 aliphatic carbocycles. The monoisotopic (exact) mass is 296 g/mol. The minimum Gasteiger partial charge on any atom is -0.462 e. The van der Waals surface area contributed by atoms with Gasteiger partial charge in [0.15, 0.2) is 5.41 Å². The quantitative estimate of drug-likeness (QED) is 0.336. The van der Waals surface area contributed by atoms with Crippen LogP contribution in [-0.4, -0.2) is 36.2 Å². The number of ether oxygens (including phenoxy) is 3. The Bertz CT molecular complexity index is 481. The van der Waals surface area contributed by atoms with Gasteiger partial charge in [0.25, 0.3) is 0 Å². The fourth-order valence-electron chi connectivity index (χ4n) is 2.01. The second-order valence-corrected chi connectivity index (χ2v) is 6.00. The summed E-state index contributed by atoms with van der Waals surface area (Å²) >= 11 is 0. The molecule has 2 atom stereocenters. The molecule has 1 aliphatic heterocycles. The summed E-state index contributed by atoms with van der Waals surface area (Å²) in [7, 11) is 0. The molecule has 0 spiro atoms. The second-order valence-electron chi connectivity index (χ2n) is 6.00. The van der Waals surface area contributed by atoms with Crippen molar-refractivity contribution < 1.29 is 28.6 Å². The summed E-state index contributed by atoms with van der Waals surface area (Å²) < 4.78 is 15.2. The van der Waals surface area contributed by atoms with Crippen molar-refractivity contribution in [2.75, 3.05) is 6.61 Å². The van der Waals surface area contributed by atoms with Crippen LogP contribution in [0.3, 0.4) is 0 Å². The molecule has 0 aromatic heterocycles. The molecule has 0 bridgehead atoms. The number of cyclic esters (lactones) is 1. The molecule has 0 radical (unpaired) electrons. The Hall–Kier alpha value is -2.03. The van der Waals surface area contributed by atoms with Crippen molar-refractivity contribution in [1.29, 1.82) is 0 Å². The minimum absolute atomic E-state index is 0.0399. The van der Waals surface area contributed by atoms with Gasteiger partial charge in [0, 0.05) is 19.8 Å². The van der Waals surface area contributed by atoms with Crippen LogP contribution in [0.1, 0.15) is 40.5 Å². The lowest BCUT2D eigenvalue weighted by Crippen LogP contribution is -2.41. The van der Waals surface area contributed by atoms with Crippen molar-refractivity contribution in [3.05, 3.63) is 0 Å². The Labute approximate surface area is 124 Å². The van der Waals surface area contributed by atoms with Gasteiger partial charge in [-0.05, 0) is 20.8 Å². The average Bonchev–Trinajstić information content (AvgIpc) is 2.63. The van der Waals surface area contributed by atoms with Crippen molar-refractivity contribution in [2.45, 2.75) is 52.2 Å². The van der Waals surface area contributed by atoms with Crippen LogP contribution in [0, 0.1) is 17.8 Å². The first-order chi connectivity index (χ1) is 9.60. The first-order valence-electron chi connectivity index (χ1n) is 6.62. The van der Waals surface area contributed by atoms with Crippen LogP contribution in [0.5, 0.6) is 0 Å². The Kier molecular flexibility index (Phi) is 5.00. The third-order valence-corrected chi connectivity index (χ3v) is 2.91. The van der Waals surface area contributed by atoms with Crippen LogP contribution in [0.15, 0.2) is 0 Å². The van der Waals surface area contributed by atoms with Crippen LogP contribution in [-0.2, 0) is 28.6 Å². The van der Waals surface area contributed by atoms with E-state index in [0.29, 0.717) is 0 Å². The normalized spacial score (nSPS) is 24.9. The summed E-state index contributed by atoms with van der Waals surface area (Å²) in [5, 5.41) is 0. The number of terminal acetylenes is 1.